The van der Waals surface area contributed by atoms with Crippen LogP contribution in [0.4, 0.5) is 5.82 Å². The summed E-state index contributed by atoms with van der Waals surface area (Å²) in [5, 5.41) is 4.33. The van der Waals surface area contributed by atoms with Gasteiger partial charge in [-0.3, -0.25) is 4.98 Å². The van der Waals surface area contributed by atoms with Crippen LogP contribution < -0.4 is 5.32 Å². The Balaban J connectivity index is 2.18. The molecule has 0 aliphatic rings. The van der Waals surface area contributed by atoms with Crippen molar-refractivity contribution in [2.75, 3.05) is 11.9 Å². The van der Waals surface area contributed by atoms with Gasteiger partial charge in [-0.2, -0.15) is 0 Å². The van der Waals surface area contributed by atoms with Crippen LogP contribution in [0.3, 0.4) is 0 Å². The lowest BCUT2D eigenvalue weighted by atomic mass is 10.1. The molecule has 2 aromatic heterocycles. The third-order valence-electron chi connectivity index (χ3n) is 2.98. The minimum Gasteiger partial charge on any atom is -0.369 e. The first-order valence-electron chi connectivity index (χ1n) is 6.40. The van der Waals surface area contributed by atoms with Gasteiger partial charge in [0, 0.05) is 29.9 Å². The third kappa shape index (κ3) is 2.45. The van der Waals surface area contributed by atoms with Crippen LogP contribution in [0.15, 0.2) is 42.7 Å². The maximum Gasteiger partial charge on any atom is 0.162 e. The van der Waals surface area contributed by atoms with Crippen LogP contribution >= 0.6 is 22.6 Å². The molecule has 0 amide bonds. The van der Waals surface area contributed by atoms with Gasteiger partial charge < -0.3 is 5.32 Å². The van der Waals surface area contributed by atoms with E-state index in [1.54, 1.807) is 6.20 Å². The van der Waals surface area contributed by atoms with Gasteiger partial charge in [-0.05, 0) is 41.6 Å². The molecule has 3 aromatic rings. The maximum absolute atomic E-state index is 4.62. The molecule has 0 spiro atoms. The Labute approximate surface area is 130 Å². The monoisotopic (exact) mass is 376 g/mol. The number of hydrogen-bond donors (Lipinski definition) is 1. The second-order valence-electron chi connectivity index (χ2n) is 4.30. The first kappa shape index (κ1) is 13.2. The second-order valence-corrected chi connectivity index (χ2v) is 5.46. The highest BCUT2D eigenvalue weighted by atomic mass is 127. The van der Waals surface area contributed by atoms with E-state index in [1.807, 2.05) is 36.5 Å². The standard InChI is InChI=1S/C15H13IN4/c1-2-17-15-12(16)9-19-14(20-15)11-7-8-18-13-6-4-3-5-10(11)13/h3-9H,2H2,1H3,(H,17,19,20). The molecule has 4 nitrogen and oxygen atoms in total. The number of fused-ring (bicyclic) bond motifs is 1. The summed E-state index contributed by atoms with van der Waals surface area (Å²) in [6, 6.07) is 9.99. The fourth-order valence-corrected chi connectivity index (χ4v) is 2.53. The normalized spacial score (nSPS) is 10.7. The number of rotatable bonds is 3. The lowest BCUT2D eigenvalue weighted by Crippen LogP contribution is -2.04. The van der Waals surface area contributed by atoms with Crippen molar-refractivity contribution in [3.8, 4) is 11.4 Å². The maximum atomic E-state index is 4.62. The summed E-state index contributed by atoms with van der Waals surface area (Å²) < 4.78 is 1.02. The molecule has 0 unspecified atom stereocenters. The Hall–Kier alpha value is -1.76. The predicted octanol–water partition coefficient (Wildman–Crippen LogP) is 3.73. The summed E-state index contributed by atoms with van der Waals surface area (Å²) in [5.74, 6) is 1.60. The average Bonchev–Trinajstić information content (AvgIpc) is 2.49. The van der Waals surface area contributed by atoms with Crippen LogP contribution in [-0.2, 0) is 0 Å². The van der Waals surface area contributed by atoms with Crippen molar-refractivity contribution < 1.29 is 0 Å². The molecular weight excluding hydrogens is 363 g/mol. The largest absolute Gasteiger partial charge is 0.369 e. The average molecular weight is 376 g/mol. The molecule has 0 fully saturated rings. The number of benzene rings is 1. The first-order valence-corrected chi connectivity index (χ1v) is 7.48. The Bertz CT molecular complexity index is 752. The summed E-state index contributed by atoms with van der Waals surface area (Å²) in [4.78, 5) is 13.5. The van der Waals surface area contributed by atoms with Crippen molar-refractivity contribution in [2.24, 2.45) is 0 Å². The van der Waals surface area contributed by atoms with Gasteiger partial charge in [0.05, 0.1) is 9.09 Å². The highest BCUT2D eigenvalue weighted by Crippen LogP contribution is 2.26. The number of halogens is 1. The number of nitrogens with one attached hydrogen (secondary N) is 1. The van der Waals surface area contributed by atoms with Crippen molar-refractivity contribution >= 4 is 39.3 Å². The van der Waals surface area contributed by atoms with Crippen molar-refractivity contribution in [2.45, 2.75) is 6.92 Å². The molecule has 1 aromatic carbocycles. The van der Waals surface area contributed by atoms with Gasteiger partial charge >= 0.3 is 0 Å². The third-order valence-corrected chi connectivity index (χ3v) is 3.77. The molecule has 1 N–H and O–H groups in total. The Morgan fingerprint density at radius 1 is 1.15 bits per heavy atom. The molecule has 100 valence electrons. The highest BCUT2D eigenvalue weighted by Gasteiger charge is 2.09. The molecule has 0 aliphatic heterocycles. The quantitative estimate of drug-likeness (QED) is 0.708. The number of pyridine rings is 1. The Morgan fingerprint density at radius 2 is 2.00 bits per heavy atom. The zero-order valence-corrected chi connectivity index (χ0v) is 13.1. The minimum absolute atomic E-state index is 0.722. The van der Waals surface area contributed by atoms with Crippen LogP contribution in [0.25, 0.3) is 22.3 Å². The van der Waals surface area contributed by atoms with Crippen molar-refractivity contribution in [1.29, 1.82) is 0 Å². The molecule has 0 bridgehead atoms. The lowest BCUT2D eigenvalue weighted by molar-refractivity contribution is 1.10. The van der Waals surface area contributed by atoms with E-state index < -0.39 is 0 Å². The number of aromatic nitrogens is 3. The molecule has 5 heteroatoms. The Morgan fingerprint density at radius 3 is 2.85 bits per heavy atom. The highest BCUT2D eigenvalue weighted by molar-refractivity contribution is 14.1. The summed E-state index contributed by atoms with van der Waals surface area (Å²) in [7, 11) is 0. The van der Waals surface area contributed by atoms with Crippen LogP contribution in [-0.4, -0.2) is 21.5 Å². The molecule has 0 aliphatic carbocycles. The van der Waals surface area contributed by atoms with E-state index >= 15 is 0 Å². The lowest BCUT2D eigenvalue weighted by Gasteiger charge is -2.09. The molecule has 3 rings (SSSR count). The number of hydrogen-bond acceptors (Lipinski definition) is 4. The Kier molecular flexibility index (Phi) is 3.77. The summed E-state index contributed by atoms with van der Waals surface area (Å²) in [6.07, 6.45) is 3.64. The van der Waals surface area contributed by atoms with E-state index in [0.717, 1.165) is 38.2 Å². The molecule has 0 radical (unpaired) electrons. The SMILES string of the molecule is CCNc1nc(-c2ccnc3ccccc23)ncc1I. The van der Waals surface area contributed by atoms with Gasteiger partial charge in [0.1, 0.15) is 5.82 Å². The van der Waals surface area contributed by atoms with Gasteiger partial charge in [0.15, 0.2) is 5.82 Å². The fourth-order valence-electron chi connectivity index (χ4n) is 2.08. The molecule has 2 heterocycles. The smallest absolute Gasteiger partial charge is 0.162 e. The van der Waals surface area contributed by atoms with E-state index in [4.69, 9.17) is 0 Å². The summed E-state index contributed by atoms with van der Waals surface area (Å²) in [5.41, 5.74) is 1.96. The molecule has 0 atom stereocenters. The zero-order valence-electron chi connectivity index (χ0n) is 11.0. The molecular formula is C15H13IN4. The van der Waals surface area contributed by atoms with Crippen LogP contribution in [0.2, 0.25) is 0 Å². The molecule has 0 saturated carbocycles. The van der Waals surface area contributed by atoms with Crippen LogP contribution in [0.5, 0.6) is 0 Å². The van der Waals surface area contributed by atoms with Gasteiger partial charge in [-0.15, -0.1) is 0 Å². The van der Waals surface area contributed by atoms with E-state index in [9.17, 15) is 0 Å². The van der Waals surface area contributed by atoms with E-state index in [1.165, 1.54) is 0 Å². The van der Waals surface area contributed by atoms with Crippen molar-refractivity contribution in [3.05, 3.63) is 46.3 Å². The van der Waals surface area contributed by atoms with Crippen LogP contribution in [0.1, 0.15) is 6.92 Å². The summed E-state index contributed by atoms with van der Waals surface area (Å²) >= 11 is 2.24. The molecule has 20 heavy (non-hydrogen) atoms. The zero-order chi connectivity index (χ0) is 13.9. The van der Waals surface area contributed by atoms with E-state index in [-0.39, 0.29) is 0 Å². The first-order chi connectivity index (χ1) is 9.79. The van der Waals surface area contributed by atoms with Gasteiger partial charge in [-0.25, -0.2) is 9.97 Å². The van der Waals surface area contributed by atoms with Gasteiger partial charge in [0.25, 0.3) is 0 Å². The number of para-hydroxylation sites is 1. The van der Waals surface area contributed by atoms with E-state index in [0.29, 0.717) is 0 Å². The van der Waals surface area contributed by atoms with Crippen LogP contribution in [0, 0.1) is 3.57 Å². The minimum atomic E-state index is 0.722. The second kappa shape index (κ2) is 5.70. The predicted molar refractivity (Wildman–Crippen MR) is 89.6 cm³/mol. The van der Waals surface area contributed by atoms with Gasteiger partial charge in [-0.1, -0.05) is 18.2 Å². The number of anilines is 1. The van der Waals surface area contributed by atoms with E-state index in [2.05, 4.69) is 49.8 Å². The van der Waals surface area contributed by atoms with Gasteiger partial charge in [0.2, 0.25) is 0 Å². The fraction of sp³-hybridized carbons (Fsp3) is 0.133. The molecule has 0 saturated heterocycles. The number of nitrogens with zero attached hydrogens (tertiary/aromatic N) is 3. The van der Waals surface area contributed by atoms with Crippen molar-refractivity contribution in [3.63, 3.8) is 0 Å². The topological polar surface area (TPSA) is 50.7 Å². The summed E-state index contributed by atoms with van der Waals surface area (Å²) in [6.45, 7) is 2.89. The van der Waals surface area contributed by atoms with Crippen molar-refractivity contribution in [1.82, 2.24) is 15.0 Å².